The van der Waals surface area contributed by atoms with E-state index >= 15 is 0 Å². The molecule has 0 aliphatic heterocycles. The largest absolute Gasteiger partial charge is 0.326 e. The fourth-order valence-electron chi connectivity index (χ4n) is 1.65. The lowest BCUT2D eigenvalue weighted by Crippen LogP contribution is -2.14. The smallest absolute Gasteiger partial charge is 0.261 e. The molecular weight excluding hydrogens is 366 g/mol. The van der Waals surface area contributed by atoms with Gasteiger partial charge in [0, 0.05) is 12.1 Å². The minimum absolute atomic E-state index is 0.0642. The van der Waals surface area contributed by atoms with E-state index in [9.17, 15) is 17.2 Å². The van der Waals surface area contributed by atoms with Crippen molar-refractivity contribution in [2.24, 2.45) is 5.73 Å². The van der Waals surface area contributed by atoms with Gasteiger partial charge in [0.2, 0.25) is 0 Å². The van der Waals surface area contributed by atoms with Crippen LogP contribution in [0.15, 0.2) is 45.8 Å². The first kappa shape index (κ1) is 15.9. The zero-order valence-electron chi connectivity index (χ0n) is 10.6. The van der Waals surface area contributed by atoms with Gasteiger partial charge in [-0.3, -0.25) is 4.72 Å². The Balaban J connectivity index is 2.35. The Morgan fingerprint density at radius 2 is 1.81 bits per heavy atom. The molecule has 2 rings (SSSR count). The molecule has 8 heteroatoms. The summed E-state index contributed by atoms with van der Waals surface area (Å²) in [5, 5.41) is 0. The number of hydrogen-bond donors (Lipinski definition) is 2. The molecule has 0 spiro atoms. The topological polar surface area (TPSA) is 72.2 Å². The summed E-state index contributed by atoms with van der Waals surface area (Å²) in [6.07, 6.45) is 0. The van der Waals surface area contributed by atoms with Gasteiger partial charge in [0.15, 0.2) is 0 Å². The van der Waals surface area contributed by atoms with Crippen molar-refractivity contribution >= 4 is 31.6 Å². The first-order chi connectivity index (χ1) is 9.83. The van der Waals surface area contributed by atoms with E-state index in [0.29, 0.717) is 0 Å². The van der Waals surface area contributed by atoms with E-state index in [0.717, 1.165) is 24.3 Å². The zero-order valence-corrected chi connectivity index (χ0v) is 13.0. The monoisotopic (exact) mass is 376 g/mol. The van der Waals surface area contributed by atoms with Crippen LogP contribution < -0.4 is 10.5 Å². The normalized spacial score (nSPS) is 11.4. The SMILES string of the molecule is NCc1cc(S(=O)(=O)Nc2ccc(Br)c(F)c2)ccc1F. The van der Waals surface area contributed by atoms with Crippen molar-refractivity contribution < 1.29 is 17.2 Å². The number of nitrogens with one attached hydrogen (secondary N) is 1. The van der Waals surface area contributed by atoms with Gasteiger partial charge in [-0.05, 0) is 52.3 Å². The van der Waals surface area contributed by atoms with E-state index < -0.39 is 21.7 Å². The van der Waals surface area contributed by atoms with E-state index in [1.807, 2.05) is 0 Å². The summed E-state index contributed by atoms with van der Waals surface area (Å²) in [4.78, 5) is -0.146. The van der Waals surface area contributed by atoms with E-state index in [2.05, 4.69) is 20.7 Å². The minimum Gasteiger partial charge on any atom is -0.326 e. The minimum atomic E-state index is -3.95. The standard InChI is InChI=1S/C13H11BrF2N2O2S/c14-11-3-1-9(6-13(11)16)18-21(19,20)10-2-4-12(15)8(5-10)7-17/h1-6,18H,7,17H2. The summed E-state index contributed by atoms with van der Waals surface area (Å²) in [7, 11) is -3.95. The van der Waals surface area contributed by atoms with Crippen LogP contribution in [0.2, 0.25) is 0 Å². The van der Waals surface area contributed by atoms with Gasteiger partial charge in [-0.1, -0.05) is 0 Å². The molecule has 0 aromatic heterocycles. The molecule has 0 aliphatic rings. The molecule has 0 heterocycles. The maximum Gasteiger partial charge on any atom is 0.261 e. The third kappa shape index (κ3) is 3.58. The highest BCUT2D eigenvalue weighted by Crippen LogP contribution is 2.22. The second kappa shape index (κ2) is 6.08. The molecule has 0 bridgehead atoms. The van der Waals surface area contributed by atoms with Gasteiger partial charge in [-0.25, -0.2) is 17.2 Å². The molecule has 0 radical (unpaired) electrons. The van der Waals surface area contributed by atoms with Crippen LogP contribution in [0.5, 0.6) is 0 Å². The molecule has 3 N–H and O–H groups in total. The number of sulfonamides is 1. The lowest BCUT2D eigenvalue weighted by Gasteiger charge is -2.10. The number of anilines is 1. The molecule has 2 aromatic carbocycles. The van der Waals surface area contributed by atoms with Crippen molar-refractivity contribution in [2.75, 3.05) is 4.72 Å². The molecular formula is C13H11BrF2N2O2S. The first-order valence-electron chi connectivity index (χ1n) is 5.80. The van der Waals surface area contributed by atoms with Crippen molar-refractivity contribution in [1.29, 1.82) is 0 Å². The molecule has 0 fully saturated rings. The van der Waals surface area contributed by atoms with Gasteiger partial charge in [-0.15, -0.1) is 0 Å². The van der Waals surface area contributed by atoms with Gasteiger partial charge in [-0.2, -0.15) is 0 Å². The second-order valence-electron chi connectivity index (χ2n) is 4.19. The Kier molecular flexibility index (Phi) is 4.60. The molecule has 4 nitrogen and oxygen atoms in total. The Morgan fingerprint density at radius 3 is 2.43 bits per heavy atom. The Bertz CT molecular complexity index is 782. The zero-order chi connectivity index (χ0) is 15.6. The van der Waals surface area contributed by atoms with Crippen LogP contribution in [-0.4, -0.2) is 8.42 Å². The Morgan fingerprint density at radius 1 is 1.10 bits per heavy atom. The summed E-state index contributed by atoms with van der Waals surface area (Å²) >= 11 is 2.97. The lowest BCUT2D eigenvalue weighted by atomic mass is 10.2. The molecule has 2 aromatic rings. The van der Waals surface area contributed by atoms with Gasteiger partial charge in [0.25, 0.3) is 10.0 Å². The van der Waals surface area contributed by atoms with Crippen LogP contribution in [0, 0.1) is 11.6 Å². The van der Waals surface area contributed by atoms with Crippen LogP contribution in [0.3, 0.4) is 0 Å². The number of rotatable bonds is 4. The van der Waals surface area contributed by atoms with E-state index in [4.69, 9.17) is 5.73 Å². The average Bonchev–Trinajstić information content (AvgIpc) is 2.43. The second-order valence-corrected chi connectivity index (χ2v) is 6.73. The molecule has 21 heavy (non-hydrogen) atoms. The van der Waals surface area contributed by atoms with Crippen LogP contribution in [0.1, 0.15) is 5.56 Å². The van der Waals surface area contributed by atoms with Crippen LogP contribution in [0.25, 0.3) is 0 Å². The Hall–Kier alpha value is -1.51. The van der Waals surface area contributed by atoms with Crippen molar-refractivity contribution in [3.63, 3.8) is 0 Å². The maximum atomic E-state index is 13.4. The summed E-state index contributed by atoms with van der Waals surface area (Å²) < 4.78 is 53.5. The van der Waals surface area contributed by atoms with Crippen molar-refractivity contribution in [2.45, 2.75) is 11.4 Å². The van der Waals surface area contributed by atoms with Crippen LogP contribution >= 0.6 is 15.9 Å². The van der Waals surface area contributed by atoms with Gasteiger partial charge in [0.1, 0.15) is 11.6 Å². The van der Waals surface area contributed by atoms with E-state index in [1.165, 1.54) is 12.1 Å². The molecule has 0 atom stereocenters. The molecule has 0 saturated carbocycles. The lowest BCUT2D eigenvalue weighted by molar-refractivity contribution is 0.596. The van der Waals surface area contributed by atoms with Gasteiger partial charge >= 0.3 is 0 Å². The average molecular weight is 377 g/mol. The van der Waals surface area contributed by atoms with Crippen molar-refractivity contribution in [3.8, 4) is 0 Å². The first-order valence-corrected chi connectivity index (χ1v) is 8.07. The fraction of sp³-hybridized carbons (Fsp3) is 0.0769. The highest BCUT2D eigenvalue weighted by atomic mass is 79.9. The van der Waals surface area contributed by atoms with Crippen LogP contribution in [0.4, 0.5) is 14.5 Å². The fourth-order valence-corrected chi connectivity index (χ4v) is 2.99. The van der Waals surface area contributed by atoms with Crippen LogP contribution in [-0.2, 0) is 16.6 Å². The third-order valence-corrected chi connectivity index (χ3v) is 4.74. The summed E-state index contributed by atoms with van der Waals surface area (Å²) in [6.45, 7) is -0.123. The third-order valence-electron chi connectivity index (χ3n) is 2.72. The molecule has 0 saturated heterocycles. The predicted octanol–water partition coefficient (Wildman–Crippen LogP) is 2.99. The number of nitrogens with two attached hydrogens (primary N) is 1. The summed E-state index contributed by atoms with van der Waals surface area (Å²) in [6, 6.07) is 7.11. The molecule has 0 amide bonds. The Labute approximate surface area is 129 Å². The van der Waals surface area contributed by atoms with Crippen molar-refractivity contribution in [1.82, 2.24) is 0 Å². The molecule has 112 valence electrons. The highest BCUT2D eigenvalue weighted by molar-refractivity contribution is 9.10. The highest BCUT2D eigenvalue weighted by Gasteiger charge is 2.16. The number of halogens is 3. The predicted molar refractivity (Wildman–Crippen MR) is 79.2 cm³/mol. The quantitative estimate of drug-likeness (QED) is 0.861. The van der Waals surface area contributed by atoms with Gasteiger partial charge < -0.3 is 5.73 Å². The number of benzene rings is 2. The molecule has 0 aliphatic carbocycles. The summed E-state index contributed by atoms with van der Waals surface area (Å²) in [5.74, 6) is -1.18. The van der Waals surface area contributed by atoms with Crippen molar-refractivity contribution in [3.05, 3.63) is 58.1 Å². The van der Waals surface area contributed by atoms with E-state index in [-0.39, 0.29) is 27.2 Å². The van der Waals surface area contributed by atoms with E-state index in [1.54, 1.807) is 0 Å². The summed E-state index contributed by atoms with van der Waals surface area (Å²) in [5.41, 5.74) is 5.49. The molecule has 0 unspecified atom stereocenters. The van der Waals surface area contributed by atoms with Gasteiger partial charge in [0.05, 0.1) is 15.1 Å². The maximum absolute atomic E-state index is 13.4. The number of hydrogen-bond acceptors (Lipinski definition) is 3.